The van der Waals surface area contributed by atoms with Gasteiger partial charge in [-0.25, -0.2) is 0 Å². The SMILES string of the molecule is CC(C)(C)NC(=O)CSc1nnc(-c2ccccc2)o1. The van der Waals surface area contributed by atoms with Crippen LogP contribution in [0.2, 0.25) is 0 Å². The van der Waals surface area contributed by atoms with Crippen molar-refractivity contribution in [1.82, 2.24) is 15.5 Å². The van der Waals surface area contributed by atoms with Crippen molar-refractivity contribution < 1.29 is 9.21 Å². The summed E-state index contributed by atoms with van der Waals surface area (Å²) in [6.45, 7) is 5.82. The Hall–Kier alpha value is -1.82. The number of nitrogens with one attached hydrogen (secondary N) is 1. The highest BCUT2D eigenvalue weighted by molar-refractivity contribution is 7.99. The van der Waals surface area contributed by atoms with Gasteiger partial charge in [-0.1, -0.05) is 30.0 Å². The molecule has 6 heteroatoms. The number of amides is 1. The quantitative estimate of drug-likeness (QED) is 0.877. The summed E-state index contributed by atoms with van der Waals surface area (Å²) >= 11 is 1.23. The second-order valence-electron chi connectivity index (χ2n) is 5.33. The molecule has 0 bridgehead atoms. The van der Waals surface area contributed by atoms with E-state index < -0.39 is 0 Å². The molecule has 0 saturated carbocycles. The molecule has 1 aromatic heterocycles. The van der Waals surface area contributed by atoms with Crippen LogP contribution in [-0.2, 0) is 4.79 Å². The lowest BCUT2D eigenvalue weighted by molar-refractivity contribution is -0.119. The summed E-state index contributed by atoms with van der Waals surface area (Å²) in [6, 6.07) is 9.53. The van der Waals surface area contributed by atoms with Gasteiger partial charge in [0.15, 0.2) is 0 Å². The van der Waals surface area contributed by atoms with Crippen molar-refractivity contribution in [2.75, 3.05) is 5.75 Å². The van der Waals surface area contributed by atoms with E-state index in [1.165, 1.54) is 11.8 Å². The largest absolute Gasteiger partial charge is 0.411 e. The molecule has 0 aliphatic heterocycles. The number of hydrogen-bond donors (Lipinski definition) is 1. The lowest BCUT2D eigenvalue weighted by atomic mass is 10.1. The van der Waals surface area contributed by atoms with Crippen LogP contribution in [0.15, 0.2) is 40.0 Å². The van der Waals surface area contributed by atoms with Crippen LogP contribution in [0.5, 0.6) is 0 Å². The predicted octanol–water partition coefficient (Wildman–Crippen LogP) is 2.74. The third-order valence-electron chi connectivity index (χ3n) is 2.27. The molecule has 20 heavy (non-hydrogen) atoms. The highest BCUT2D eigenvalue weighted by Crippen LogP contribution is 2.22. The van der Waals surface area contributed by atoms with E-state index in [9.17, 15) is 4.79 Å². The first-order valence-corrected chi connectivity index (χ1v) is 7.25. The van der Waals surface area contributed by atoms with Crippen LogP contribution in [-0.4, -0.2) is 27.4 Å². The summed E-state index contributed by atoms with van der Waals surface area (Å²) in [4.78, 5) is 11.7. The molecule has 0 saturated heterocycles. The third-order valence-corrected chi connectivity index (χ3v) is 3.09. The monoisotopic (exact) mass is 291 g/mol. The average molecular weight is 291 g/mol. The van der Waals surface area contributed by atoms with Crippen molar-refractivity contribution >= 4 is 17.7 Å². The molecular weight excluding hydrogens is 274 g/mol. The van der Waals surface area contributed by atoms with Crippen LogP contribution >= 0.6 is 11.8 Å². The van der Waals surface area contributed by atoms with E-state index in [-0.39, 0.29) is 17.2 Å². The fourth-order valence-corrected chi connectivity index (χ4v) is 2.11. The van der Waals surface area contributed by atoms with Crippen LogP contribution < -0.4 is 5.32 Å². The van der Waals surface area contributed by atoms with Crippen LogP contribution in [0.4, 0.5) is 0 Å². The van der Waals surface area contributed by atoms with Gasteiger partial charge in [0.25, 0.3) is 5.22 Å². The van der Waals surface area contributed by atoms with Gasteiger partial charge >= 0.3 is 0 Å². The summed E-state index contributed by atoms with van der Waals surface area (Å²) in [7, 11) is 0. The van der Waals surface area contributed by atoms with Crippen molar-refractivity contribution in [1.29, 1.82) is 0 Å². The summed E-state index contributed by atoms with van der Waals surface area (Å²) < 4.78 is 5.51. The maximum atomic E-state index is 11.7. The van der Waals surface area contributed by atoms with Crippen molar-refractivity contribution in [3.63, 3.8) is 0 Å². The van der Waals surface area contributed by atoms with E-state index in [2.05, 4.69) is 15.5 Å². The van der Waals surface area contributed by atoms with E-state index in [1.807, 2.05) is 51.1 Å². The fourth-order valence-electron chi connectivity index (χ4n) is 1.55. The Labute approximate surface area is 122 Å². The zero-order valence-corrected chi connectivity index (χ0v) is 12.5. The number of aromatic nitrogens is 2. The molecule has 0 aliphatic carbocycles. The van der Waals surface area contributed by atoms with Gasteiger partial charge in [0.2, 0.25) is 11.8 Å². The molecule has 0 radical (unpaired) electrons. The predicted molar refractivity (Wildman–Crippen MR) is 78.4 cm³/mol. The van der Waals surface area contributed by atoms with Crippen LogP contribution in [0, 0.1) is 0 Å². The molecule has 106 valence electrons. The third kappa shape index (κ3) is 4.38. The van der Waals surface area contributed by atoms with E-state index in [1.54, 1.807) is 0 Å². The van der Waals surface area contributed by atoms with Gasteiger partial charge in [-0.2, -0.15) is 0 Å². The van der Waals surface area contributed by atoms with E-state index in [0.29, 0.717) is 11.1 Å². The van der Waals surface area contributed by atoms with Crippen LogP contribution in [0.3, 0.4) is 0 Å². The Morgan fingerprint density at radius 1 is 1.25 bits per heavy atom. The molecule has 0 atom stereocenters. The first-order valence-electron chi connectivity index (χ1n) is 6.27. The lowest BCUT2D eigenvalue weighted by Gasteiger charge is -2.19. The van der Waals surface area contributed by atoms with Crippen molar-refractivity contribution in [3.05, 3.63) is 30.3 Å². The van der Waals surface area contributed by atoms with E-state index in [4.69, 9.17) is 4.42 Å². The number of thioether (sulfide) groups is 1. The van der Waals surface area contributed by atoms with E-state index in [0.717, 1.165) is 5.56 Å². The number of carbonyl (C=O) groups excluding carboxylic acids is 1. The Morgan fingerprint density at radius 3 is 2.60 bits per heavy atom. The summed E-state index contributed by atoms with van der Waals surface area (Å²) in [5.41, 5.74) is 0.632. The molecule has 1 N–H and O–H groups in total. The maximum Gasteiger partial charge on any atom is 0.277 e. The highest BCUT2D eigenvalue weighted by atomic mass is 32.2. The second kappa shape index (κ2) is 6.09. The molecule has 0 aliphatic rings. The molecule has 0 unspecified atom stereocenters. The Balaban J connectivity index is 1.92. The smallest absolute Gasteiger partial charge is 0.277 e. The molecule has 1 heterocycles. The molecule has 1 amide bonds. The van der Waals surface area contributed by atoms with Gasteiger partial charge in [0, 0.05) is 11.1 Å². The topological polar surface area (TPSA) is 68.0 Å². The number of carbonyl (C=O) groups is 1. The van der Waals surface area contributed by atoms with Gasteiger partial charge < -0.3 is 9.73 Å². The summed E-state index contributed by atoms with van der Waals surface area (Å²) in [5.74, 6) is 0.666. The van der Waals surface area contributed by atoms with E-state index >= 15 is 0 Å². The van der Waals surface area contributed by atoms with Crippen molar-refractivity contribution in [3.8, 4) is 11.5 Å². The maximum absolute atomic E-state index is 11.7. The van der Waals surface area contributed by atoms with Gasteiger partial charge in [-0.3, -0.25) is 4.79 Å². The summed E-state index contributed by atoms with van der Waals surface area (Å²) in [5, 5.41) is 11.2. The Morgan fingerprint density at radius 2 is 1.95 bits per heavy atom. The molecule has 0 fully saturated rings. The van der Waals surface area contributed by atoms with Crippen LogP contribution in [0.1, 0.15) is 20.8 Å². The van der Waals surface area contributed by atoms with Gasteiger partial charge in [0.1, 0.15) is 0 Å². The van der Waals surface area contributed by atoms with Crippen LogP contribution in [0.25, 0.3) is 11.5 Å². The highest BCUT2D eigenvalue weighted by Gasteiger charge is 2.15. The number of rotatable bonds is 4. The molecule has 1 aromatic carbocycles. The summed E-state index contributed by atoms with van der Waals surface area (Å²) in [6.07, 6.45) is 0. The Kier molecular flexibility index (Phi) is 4.44. The lowest BCUT2D eigenvalue weighted by Crippen LogP contribution is -2.41. The first kappa shape index (κ1) is 14.6. The zero-order chi connectivity index (χ0) is 14.6. The molecule has 5 nitrogen and oxygen atoms in total. The standard InChI is InChI=1S/C14H17N3O2S/c1-14(2,3)15-11(18)9-20-13-17-16-12(19-13)10-7-5-4-6-8-10/h4-8H,9H2,1-3H3,(H,15,18). The van der Waals surface area contributed by atoms with Gasteiger partial charge in [-0.15, -0.1) is 10.2 Å². The minimum Gasteiger partial charge on any atom is -0.411 e. The molecule has 2 aromatic rings. The van der Waals surface area contributed by atoms with Gasteiger partial charge in [-0.05, 0) is 32.9 Å². The number of benzene rings is 1. The second-order valence-corrected chi connectivity index (χ2v) is 6.25. The van der Waals surface area contributed by atoms with Gasteiger partial charge in [0.05, 0.1) is 5.75 Å². The average Bonchev–Trinajstić information content (AvgIpc) is 2.84. The molecule has 2 rings (SSSR count). The van der Waals surface area contributed by atoms with Crippen molar-refractivity contribution in [2.24, 2.45) is 0 Å². The first-order chi connectivity index (χ1) is 9.44. The molecular formula is C14H17N3O2S. The fraction of sp³-hybridized carbons (Fsp3) is 0.357. The Bertz CT molecular complexity index is 576. The number of hydrogen-bond acceptors (Lipinski definition) is 5. The molecule has 0 spiro atoms. The van der Waals surface area contributed by atoms with Crippen molar-refractivity contribution in [2.45, 2.75) is 31.5 Å². The normalized spacial score (nSPS) is 11.3. The number of nitrogens with zero attached hydrogens (tertiary/aromatic N) is 2. The minimum absolute atomic E-state index is 0.0537. The zero-order valence-electron chi connectivity index (χ0n) is 11.7. The minimum atomic E-state index is -0.234.